The van der Waals surface area contributed by atoms with Crippen molar-refractivity contribution < 1.29 is 4.74 Å². The minimum atomic E-state index is 0.474. The molecule has 0 saturated heterocycles. The predicted octanol–water partition coefficient (Wildman–Crippen LogP) is 1.96. The Morgan fingerprint density at radius 2 is 2.38 bits per heavy atom. The molecule has 70 valence electrons. The van der Waals surface area contributed by atoms with Gasteiger partial charge in [0.1, 0.15) is 5.75 Å². The molecule has 0 bridgehead atoms. The number of hydrogen-bond acceptors (Lipinski definition) is 2. The minimum Gasteiger partial charge on any atom is -0.492 e. The van der Waals surface area contributed by atoms with Crippen LogP contribution in [0.15, 0.2) is 22.7 Å². The monoisotopic (exact) mass is 241 g/mol. The fourth-order valence-electron chi connectivity index (χ4n) is 1.60. The molecule has 3 heteroatoms. The highest BCUT2D eigenvalue weighted by Crippen LogP contribution is 2.33. The van der Waals surface area contributed by atoms with Gasteiger partial charge >= 0.3 is 0 Å². The first-order valence-corrected chi connectivity index (χ1v) is 5.21. The zero-order valence-corrected chi connectivity index (χ0v) is 8.88. The van der Waals surface area contributed by atoms with Crippen molar-refractivity contribution in [3.63, 3.8) is 0 Å². The second-order valence-electron chi connectivity index (χ2n) is 3.34. The molecule has 0 spiro atoms. The van der Waals surface area contributed by atoms with E-state index in [-0.39, 0.29) is 0 Å². The van der Waals surface area contributed by atoms with Crippen LogP contribution in [-0.2, 0) is 6.42 Å². The molecule has 1 aliphatic heterocycles. The molecule has 0 saturated carbocycles. The van der Waals surface area contributed by atoms with E-state index in [4.69, 9.17) is 10.5 Å². The van der Waals surface area contributed by atoms with Gasteiger partial charge in [0, 0.05) is 5.92 Å². The van der Waals surface area contributed by atoms with Gasteiger partial charge in [-0.2, -0.15) is 0 Å². The van der Waals surface area contributed by atoms with E-state index in [2.05, 4.69) is 22.0 Å². The summed E-state index contributed by atoms with van der Waals surface area (Å²) in [5, 5.41) is 0. The third-order valence-corrected chi connectivity index (χ3v) is 2.98. The standard InChI is InChI=1S/C10H12BrNO/c11-9-3-1-2-8-4-7(5-12)6-13-10(8)9/h1-3,7H,4-6,12H2. The molecule has 13 heavy (non-hydrogen) atoms. The van der Waals surface area contributed by atoms with Crippen LogP contribution in [0.25, 0.3) is 0 Å². The topological polar surface area (TPSA) is 35.2 Å². The maximum Gasteiger partial charge on any atom is 0.136 e. The third kappa shape index (κ3) is 1.71. The van der Waals surface area contributed by atoms with E-state index in [9.17, 15) is 0 Å². The van der Waals surface area contributed by atoms with Crippen LogP contribution in [0.1, 0.15) is 5.56 Å². The number of fused-ring (bicyclic) bond motifs is 1. The number of para-hydroxylation sites is 1. The van der Waals surface area contributed by atoms with Gasteiger partial charge in [0.05, 0.1) is 11.1 Å². The van der Waals surface area contributed by atoms with Gasteiger partial charge in [-0.15, -0.1) is 0 Å². The van der Waals surface area contributed by atoms with E-state index in [1.54, 1.807) is 0 Å². The van der Waals surface area contributed by atoms with Crippen LogP contribution < -0.4 is 10.5 Å². The molecule has 0 aromatic heterocycles. The lowest BCUT2D eigenvalue weighted by Crippen LogP contribution is -2.27. The van der Waals surface area contributed by atoms with E-state index in [1.807, 2.05) is 12.1 Å². The van der Waals surface area contributed by atoms with Gasteiger partial charge in [0.25, 0.3) is 0 Å². The van der Waals surface area contributed by atoms with Crippen molar-refractivity contribution in [2.24, 2.45) is 11.7 Å². The number of nitrogens with two attached hydrogens (primary N) is 1. The van der Waals surface area contributed by atoms with Crippen LogP contribution in [0, 0.1) is 5.92 Å². The highest BCUT2D eigenvalue weighted by Gasteiger charge is 2.19. The van der Waals surface area contributed by atoms with Crippen molar-refractivity contribution in [2.75, 3.05) is 13.2 Å². The average Bonchev–Trinajstić information content (AvgIpc) is 2.18. The van der Waals surface area contributed by atoms with Crippen LogP contribution in [-0.4, -0.2) is 13.2 Å². The molecule has 0 aliphatic carbocycles. The van der Waals surface area contributed by atoms with E-state index in [0.717, 1.165) is 23.2 Å². The molecule has 1 aromatic carbocycles. The fraction of sp³-hybridized carbons (Fsp3) is 0.400. The average molecular weight is 242 g/mol. The summed E-state index contributed by atoms with van der Waals surface area (Å²) in [4.78, 5) is 0. The smallest absolute Gasteiger partial charge is 0.136 e. The molecule has 2 rings (SSSR count). The SMILES string of the molecule is NCC1COc2c(Br)cccc2C1. The Morgan fingerprint density at radius 3 is 3.15 bits per heavy atom. The fourth-order valence-corrected chi connectivity index (χ4v) is 2.12. The molecule has 1 heterocycles. The Hall–Kier alpha value is -0.540. The lowest BCUT2D eigenvalue weighted by atomic mass is 9.97. The molecule has 0 radical (unpaired) electrons. The third-order valence-electron chi connectivity index (χ3n) is 2.35. The van der Waals surface area contributed by atoms with Crippen LogP contribution in [0.2, 0.25) is 0 Å². The first-order chi connectivity index (χ1) is 6.31. The van der Waals surface area contributed by atoms with Crippen molar-refractivity contribution in [1.29, 1.82) is 0 Å². The number of ether oxygens (including phenoxy) is 1. The Kier molecular flexibility index (Phi) is 2.56. The molecule has 1 unspecified atom stereocenters. The van der Waals surface area contributed by atoms with Crippen LogP contribution >= 0.6 is 15.9 Å². The van der Waals surface area contributed by atoms with Crippen molar-refractivity contribution in [3.8, 4) is 5.75 Å². The van der Waals surface area contributed by atoms with Gasteiger partial charge in [0.2, 0.25) is 0 Å². The Balaban J connectivity index is 2.31. The second-order valence-corrected chi connectivity index (χ2v) is 4.20. The van der Waals surface area contributed by atoms with E-state index < -0.39 is 0 Å². The normalized spacial score (nSPS) is 20.6. The molecular weight excluding hydrogens is 230 g/mol. The highest BCUT2D eigenvalue weighted by molar-refractivity contribution is 9.10. The van der Waals surface area contributed by atoms with Gasteiger partial charge in [-0.3, -0.25) is 0 Å². The van der Waals surface area contributed by atoms with Gasteiger partial charge in [-0.25, -0.2) is 0 Å². The first kappa shape index (κ1) is 9.03. The van der Waals surface area contributed by atoms with Gasteiger partial charge in [-0.05, 0) is 40.5 Å². The minimum absolute atomic E-state index is 0.474. The molecule has 1 aromatic rings. The van der Waals surface area contributed by atoms with Crippen LogP contribution in [0.3, 0.4) is 0 Å². The largest absolute Gasteiger partial charge is 0.492 e. The molecule has 1 aliphatic rings. The highest BCUT2D eigenvalue weighted by atomic mass is 79.9. The summed E-state index contributed by atoms with van der Waals surface area (Å²) in [6.07, 6.45) is 1.03. The van der Waals surface area contributed by atoms with Crippen LogP contribution in [0.4, 0.5) is 0 Å². The van der Waals surface area contributed by atoms with Crippen LogP contribution in [0.5, 0.6) is 5.75 Å². The van der Waals surface area contributed by atoms with Gasteiger partial charge < -0.3 is 10.5 Å². The summed E-state index contributed by atoms with van der Waals surface area (Å²) in [5.74, 6) is 1.47. The van der Waals surface area contributed by atoms with Crippen molar-refractivity contribution in [2.45, 2.75) is 6.42 Å². The van der Waals surface area contributed by atoms with E-state index in [0.29, 0.717) is 12.5 Å². The lowest BCUT2D eigenvalue weighted by molar-refractivity contribution is 0.225. The van der Waals surface area contributed by atoms with Crippen molar-refractivity contribution in [1.82, 2.24) is 0 Å². The first-order valence-electron chi connectivity index (χ1n) is 4.41. The molecule has 0 fully saturated rings. The quantitative estimate of drug-likeness (QED) is 0.816. The number of benzene rings is 1. The maximum absolute atomic E-state index is 5.63. The van der Waals surface area contributed by atoms with E-state index >= 15 is 0 Å². The van der Waals surface area contributed by atoms with Crippen molar-refractivity contribution >= 4 is 15.9 Å². The summed E-state index contributed by atoms with van der Waals surface area (Å²) in [6.45, 7) is 1.44. The molecule has 2 nitrogen and oxygen atoms in total. The zero-order chi connectivity index (χ0) is 9.26. The number of rotatable bonds is 1. The summed E-state index contributed by atoms with van der Waals surface area (Å²) in [7, 11) is 0. The summed E-state index contributed by atoms with van der Waals surface area (Å²) >= 11 is 3.47. The molecule has 0 amide bonds. The second kappa shape index (κ2) is 3.68. The molecular formula is C10H12BrNO. The predicted molar refractivity (Wildman–Crippen MR) is 55.9 cm³/mol. The number of hydrogen-bond donors (Lipinski definition) is 1. The van der Waals surface area contributed by atoms with Gasteiger partial charge in [-0.1, -0.05) is 12.1 Å². The maximum atomic E-state index is 5.63. The summed E-state index contributed by atoms with van der Waals surface area (Å²) in [5.41, 5.74) is 6.87. The number of halogens is 1. The molecule has 1 atom stereocenters. The Bertz CT molecular complexity index is 314. The summed E-state index contributed by atoms with van der Waals surface area (Å²) in [6, 6.07) is 6.13. The Labute approximate surface area is 86.2 Å². The zero-order valence-electron chi connectivity index (χ0n) is 7.29. The Morgan fingerprint density at radius 1 is 1.54 bits per heavy atom. The summed E-state index contributed by atoms with van der Waals surface area (Å²) < 4.78 is 6.67. The van der Waals surface area contributed by atoms with Crippen molar-refractivity contribution in [3.05, 3.63) is 28.2 Å². The van der Waals surface area contributed by atoms with Gasteiger partial charge in [0.15, 0.2) is 0 Å². The van der Waals surface area contributed by atoms with E-state index in [1.165, 1.54) is 5.56 Å². The molecule has 2 N–H and O–H groups in total. The lowest BCUT2D eigenvalue weighted by Gasteiger charge is -2.24.